The van der Waals surface area contributed by atoms with Gasteiger partial charge in [0, 0.05) is 12.6 Å². The fourth-order valence-corrected chi connectivity index (χ4v) is 2.27. The number of aromatic nitrogens is 2. The average Bonchev–Trinajstić information content (AvgIpc) is 2.70. The molecule has 0 aliphatic carbocycles. The summed E-state index contributed by atoms with van der Waals surface area (Å²) in [6.07, 6.45) is 1.50. The highest BCUT2D eigenvalue weighted by Crippen LogP contribution is 2.35. The molecule has 0 aliphatic heterocycles. The monoisotopic (exact) mass is 260 g/mol. The third-order valence-electron chi connectivity index (χ3n) is 3.04. The zero-order valence-corrected chi connectivity index (χ0v) is 11.4. The van der Waals surface area contributed by atoms with Gasteiger partial charge in [0.05, 0.1) is 19.1 Å². The number of carboxylic acids is 1. The minimum absolute atomic E-state index is 0.0350. The number of aromatic carboxylic acids is 1. The van der Waals surface area contributed by atoms with Crippen molar-refractivity contribution in [1.29, 1.82) is 0 Å². The van der Waals surface area contributed by atoms with E-state index in [1.165, 1.54) is 6.33 Å². The molecule has 0 spiro atoms. The van der Waals surface area contributed by atoms with Crippen molar-refractivity contribution in [2.24, 2.45) is 7.05 Å². The Morgan fingerprint density at radius 3 is 2.63 bits per heavy atom. The number of carboxylic acid groups (broad SMARTS) is 1. The van der Waals surface area contributed by atoms with Crippen LogP contribution in [-0.4, -0.2) is 27.7 Å². The van der Waals surface area contributed by atoms with Crippen LogP contribution in [-0.2, 0) is 7.05 Å². The van der Waals surface area contributed by atoms with Crippen LogP contribution in [0.25, 0.3) is 11.3 Å². The van der Waals surface area contributed by atoms with E-state index < -0.39 is 5.97 Å². The third kappa shape index (κ3) is 2.19. The number of hydrogen-bond acceptors (Lipinski definition) is 3. The van der Waals surface area contributed by atoms with Crippen molar-refractivity contribution < 1.29 is 14.6 Å². The lowest BCUT2D eigenvalue weighted by molar-refractivity contribution is 0.0692. The molecule has 2 aromatic rings. The predicted molar refractivity (Wildman–Crippen MR) is 71.6 cm³/mol. The van der Waals surface area contributed by atoms with Crippen LogP contribution in [0.15, 0.2) is 18.5 Å². The minimum atomic E-state index is -1.04. The van der Waals surface area contributed by atoms with Gasteiger partial charge in [-0.3, -0.25) is 0 Å². The summed E-state index contributed by atoms with van der Waals surface area (Å²) in [4.78, 5) is 15.2. The van der Waals surface area contributed by atoms with Gasteiger partial charge in [0.15, 0.2) is 5.69 Å². The Kier molecular flexibility index (Phi) is 3.29. The van der Waals surface area contributed by atoms with E-state index in [0.29, 0.717) is 11.4 Å². The molecule has 1 N–H and O–H groups in total. The maximum absolute atomic E-state index is 11.3. The maximum Gasteiger partial charge on any atom is 0.356 e. The number of rotatable bonds is 3. The van der Waals surface area contributed by atoms with Crippen LogP contribution in [0, 0.1) is 13.8 Å². The first-order valence-corrected chi connectivity index (χ1v) is 5.86. The fourth-order valence-electron chi connectivity index (χ4n) is 2.27. The quantitative estimate of drug-likeness (QED) is 0.920. The minimum Gasteiger partial charge on any atom is -0.496 e. The van der Waals surface area contributed by atoms with Gasteiger partial charge >= 0.3 is 5.97 Å². The van der Waals surface area contributed by atoms with Gasteiger partial charge in [0.2, 0.25) is 0 Å². The molecule has 19 heavy (non-hydrogen) atoms. The number of nitrogens with zero attached hydrogens (tertiary/aromatic N) is 2. The Balaban J connectivity index is 2.79. The van der Waals surface area contributed by atoms with E-state index in [1.54, 1.807) is 18.7 Å². The molecule has 5 nitrogen and oxygen atoms in total. The molecule has 1 aromatic carbocycles. The van der Waals surface area contributed by atoms with E-state index >= 15 is 0 Å². The normalized spacial score (nSPS) is 10.5. The Labute approximate surface area is 111 Å². The Morgan fingerprint density at radius 2 is 2.05 bits per heavy atom. The van der Waals surface area contributed by atoms with Crippen LogP contribution in [0.4, 0.5) is 0 Å². The smallest absolute Gasteiger partial charge is 0.356 e. The molecule has 1 aromatic heterocycles. The molecule has 2 rings (SSSR count). The molecule has 0 unspecified atom stereocenters. The summed E-state index contributed by atoms with van der Waals surface area (Å²) >= 11 is 0. The summed E-state index contributed by atoms with van der Waals surface area (Å²) in [5.41, 5.74) is 3.39. The van der Waals surface area contributed by atoms with E-state index in [-0.39, 0.29) is 5.69 Å². The predicted octanol–water partition coefficient (Wildman–Crippen LogP) is 2.41. The highest BCUT2D eigenvalue weighted by Gasteiger charge is 2.22. The van der Waals surface area contributed by atoms with Crippen LogP contribution in [0.5, 0.6) is 5.75 Å². The zero-order valence-electron chi connectivity index (χ0n) is 11.4. The molecule has 0 atom stereocenters. The molecule has 0 fully saturated rings. The molecular formula is C14H16N2O3. The summed E-state index contributed by atoms with van der Waals surface area (Å²) in [6.45, 7) is 3.91. The van der Waals surface area contributed by atoms with Crippen molar-refractivity contribution in [3.63, 3.8) is 0 Å². The van der Waals surface area contributed by atoms with Gasteiger partial charge in [-0.25, -0.2) is 9.78 Å². The van der Waals surface area contributed by atoms with E-state index in [4.69, 9.17) is 4.74 Å². The number of carbonyl (C=O) groups is 1. The molecule has 0 radical (unpaired) electrons. The highest BCUT2D eigenvalue weighted by atomic mass is 16.5. The van der Waals surface area contributed by atoms with Gasteiger partial charge in [0.25, 0.3) is 0 Å². The van der Waals surface area contributed by atoms with Gasteiger partial charge in [-0.15, -0.1) is 0 Å². The van der Waals surface area contributed by atoms with Crippen molar-refractivity contribution in [2.45, 2.75) is 13.8 Å². The molecule has 1 heterocycles. The van der Waals surface area contributed by atoms with E-state index in [2.05, 4.69) is 4.98 Å². The van der Waals surface area contributed by atoms with Crippen molar-refractivity contribution in [2.75, 3.05) is 7.11 Å². The molecule has 5 heteroatoms. The van der Waals surface area contributed by atoms with E-state index in [0.717, 1.165) is 16.7 Å². The lowest BCUT2D eigenvalue weighted by atomic mass is 10.00. The first kappa shape index (κ1) is 13.1. The van der Waals surface area contributed by atoms with Crippen molar-refractivity contribution in [3.05, 3.63) is 35.3 Å². The lowest BCUT2D eigenvalue weighted by Crippen LogP contribution is -2.04. The van der Waals surface area contributed by atoms with Crippen LogP contribution in [0.2, 0.25) is 0 Å². The Bertz CT molecular complexity index is 644. The standard InChI is InChI=1S/C14H16N2O3/c1-8-5-9(2)11(10(6-8)19-4)13-12(14(17)18)15-7-16(13)3/h5-7H,1-4H3,(H,17,18). The second kappa shape index (κ2) is 4.76. The van der Waals surface area contributed by atoms with E-state index in [9.17, 15) is 9.90 Å². The molecule has 0 saturated carbocycles. The van der Waals surface area contributed by atoms with Crippen molar-refractivity contribution in [3.8, 4) is 17.0 Å². The van der Waals surface area contributed by atoms with Gasteiger partial charge in [0.1, 0.15) is 5.75 Å². The first-order chi connectivity index (χ1) is 8.95. The number of aryl methyl sites for hydroxylation is 3. The molecule has 0 aliphatic rings. The van der Waals surface area contributed by atoms with Crippen LogP contribution in [0.3, 0.4) is 0 Å². The van der Waals surface area contributed by atoms with Crippen LogP contribution < -0.4 is 4.74 Å². The highest BCUT2D eigenvalue weighted by molar-refractivity contribution is 5.94. The van der Waals surface area contributed by atoms with Crippen molar-refractivity contribution in [1.82, 2.24) is 9.55 Å². The summed E-state index contributed by atoms with van der Waals surface area (Å²) < 4.78 is 7.08. The Morgan fingerprint density at radius 1 is 1.37 bits per heavy atom. The molecular weight excluding hydrogens is 244 g/mol. The summed E-state index contributed by atoms with van der Waals surface area (Å²) in [7, 11) is 3.35. The maximum atomic E-state index is 11.3. The average molecular weight is 260 g/mol. The second-order valence-electron chi connectivity index (χ2n) is 4.52. The number of ether oxygens (including phenoxy) is 1. The SMILES string of the molecule is COc1cc(C)cc(C)c1-c1c(C(=O)O)ncn1C. The molecule has 0 bridgehead atoms. The van der Waals surface area contributed by atoms with Crippen molar-refractivity contribution >= 4 is 5.97 Å². The first-order valence-electron chi connectivity index (χ1n) is 5.86. The third-order valence-corrected chi connectivity index (χ3v) is 3.04. The second-order valence-corrected chi connectivity index (χ2v) is 4.52. The number of hydrogen-bond donors (Lipinski definition) is 1. The lowest BCUT2D eigenvalue weighted by Gasteiger charge is -2.14. The summed E-state index contributed by atoms with van der Waals surface area (Å²) in [6, 6.07) is 3.89. The largest absolute Gasteiger partial charge is 0.496 e. The van der Waals surface area contributed by atoms with Gasteiger partial charge < -0.3 is 14.4 Å². The van der Waals surface area contributed by atoms with Crippen LogP contribution >= 0.6 is 0 Å². The van der Waals surface area contributed by atoms with E-state index in [1.807, 2.05) is 26.0 Å². The van der Waals surface area contributed by atoms with Gasteiger partial charge in [-0.05, 0) is 31.0 Å². The topological polar surface area (TPSA) is 64.3 Å². The molecule has 0 amide bonds. The Hall–Kier alpha value is -2.30. The molecule has 100 valence electrons. The van der Waals surface area contributed by atoms with Gasteiger partial charge in [-0.2, -0.15) is 0 Å². The summed E-state index contributed by atoms with van der Waals surface area (Å²) in [5, 5.41) is 9.23. The zero-order chi connectivity index (χ0) is 14.2. The number of benzene rings is 1. The van der Waals surface area contributed by atoms with Gasteiger partial charge in [-0.1, -0.05) is 6.07 Å². The number of imidazole rings is 1. The summed E-state index contributed by atoms with van der Waals surface area (Å²) in [5.74, 6) is -0.388. The molecule has 0 saturated heterocycles. The fraction of sp³-hybridized carbons (Fsp3) is 0.286. The van der Waals surface area contributed by atoms with Crippen LogP contribution in [0.1, 0.15) is 21.6 Å². The number of methoxy groups -OCH3 is 1.